The number of halogens is 4. The highest BCUT2D eigenvalue weighted by molar-refractivity contribution is 6.01. The van der Waals surface area contributed by atoms with Crippen LogP contribution in [-0.4, -0.2) is 52.6 Å². The zero-order valence-electron chi connectivity index (χ0n) is 18.3. The molecule has 2 aromatic rings. The number of nitrogens with one attached hydrogen (secondary N) is 1. The lowest BCUT2D eigenvalue weighted by molar-refractivity contribution is -0.248. The Morgan fingerprint density at radius 1 is 1.30 bits per heavy atom. The molecular weight excluding hydrogens is 442 g/mol. The van der Waals surface area contributed by atoms with E-state index in [1.165, 1.54) is 18.2 Å². The summed E-state index contributed by atoms with van der Waals surface area (Å²) < 4.78 is 57.5. The number of amides is 2. The maximum Gasteiger partial charge on any atom is 0.396 e. The normalized spacial score (nSPS) is 27.1. The molecule has 2 saturated heterocycles. The average molecular weight is 467 g/mol. The molecule has 2 N–H and O–H groups in total. The van der Waals surface area contributed by atoms with E-state index >= 15 is 4.39 Å². The molecule has 3 atom stereocenters. The number of rotatable bonds is 3. The molecule has 10 heteroatoms. The van der Waals surface area contributed by atoms with E-state index in [1.807, 2.05) is 0 Å². The Balaban J connectivity index is 1.82. The first-order valence-corrected chi connectivity index (χ1v) is 10.9. The topological polar surface area (TPSA) is 82.5 Å². The van der Waals surface area contributed by atoms with E-state index in [0.29, 0.717) is 17.8 Å². The smallest absolute Gasteiger partial charge is 0.384 e. The minimum atomic E-state index is -4.73. The fourth-order valence-corrected chi connectivity index (χ4v) is 4.99. The number of carbonyl (C=O) groups excluding carboxylic acids is 2. The first kappa shape index (κ1) is 23.6. The largest absolute Gasteiger partial charge is 0.396 e. The molecule has 1 aromatic carbocycles. The fraction of sp³-hybridized carbons (Fsp3) is 0.522. The molecule has 0 saturated carbocycles. The number of nitrogens with zero attached hydrogens (tertiary/aromatic N) is 2. The van der Waals surface area contributed by atoms with E-state index in [1.54, 1.807) is 18.7 Å². The van der Waals surface area contributed by atoms with Gasteiger partial charge in [0.05, 0.1) is 11.4 Å². The maximum absolute atomic E-state index is 15.7. The van der Waals surface area contributed by atoms with Gasteiger partial charge in [0.25, 0.3) is 0 Å². The third kappa shape index (κ3) is 4.10. The number of likely N-dealkylation sites (tertiary alicyclic amines) is 1. The fourth-order valence-electron chi connectivity index (χ4n) is 4.99. The minimum absolute atomic E-state index is 0.0647. The quantitative estimate of drug-likeness (QED) is 0.535. The number of piperidine rings is 2. The average Bonchev–Trinajstić information content (AvgIpc) is 2.73. The highest BCUT2D eigenvalue weighted by Gasteiger charge is 2.56. The van der Waals surface area contributed by atoms with Gasteiger partial charge in [-0.1, -0.05) is 13.0 Å². The SMILES string of the molecule is CCN1CCC(O)(c2ccc3nc(C)c(C4CCC(=O)NC4=O)cc3c2F)C(C(F)(F)F)C1. The van der Waals surface area contributed by atoms with Crippen molar-refractivity contribution in [3.05, 3.63) is 40.8 Å². The summed E-state index contributed by atoms with van der Waals surface area (Å²) in [5.41, 5.74) is -1.77. The van der Waals surface area contributed by atoms with Crippen molar-refractivity contribution in [3.8, 4) is 0 Å². The minimum Gasteiger partial charge on any atom is -0.384 e. The van der Waals surface area contributed by atoms with Gasteiger partial charge in [-0.3, -0.25) is 19.9 Å². The summed E-state index contributed by atoms with van der Waals surface area (Å²) in [4.78, 5) is 29.7. The van der Waals surface area contributed by atoms with Crippen LogP contribution in [0.1, 0.15) is 48.9 Å². The molecule has 3 unspecified atom stereocenters. The number of carbonyl (C=O) groups is 2. The number of imide groups is 1. The predicted octanol–water partition coefficient (Wildman–Crippen LogP) is 3.29. The van der Waals surface area contributed by atoms with Gasteiger partial charge in [-0.15, -0.1) is 0 Å². The third-order valence-corrected chi connectivity index (χ3v) is 6.91. The van der Waals surface area contributed by atoms with E-state index in [4.69, 9.17) is 0 Å². The van der Waals surface area contributed by atoms with Crippen molar-refractivity contribution in [3.63, 3.8) is 0 Å². The summed E-state index contributed by atoms with van der Waals surface area (Å²) in [5.74, 6) is -4.76. The second-order valence-corrected chi connectivity index (χ2v) is 8.82. The van der Waals surface area contributed by atoms with Crippen LogP contribution < -0.4 is 5.32 Å². The standard InChI is InChI=1S/C23H25F4N3O3/c1-3-30-9-8-22(33,18(11-30)23(25,26)27)16-5-6-17-15(20(16)24)10-14(12(2)28-17)13-4-7-19(31)29-21(13)32/h5-6,10,13,18,33H,3-4,7-9,11H2,1-2H3,(H,29,31,32). The highest BCUT2D eigenvalue weighted by Crippen LogP contribution is 2.47. The van der Waals surface area contributed by atoms with Gasteiger partial charge in [0.15, 0.2) is 0 Å². The van der Waals surface area contributed by atoms with Gasteiger partial charge in [0.2, 0.25) is 11.8 Å². The van der Waals surface area contributed by atoms with Gasteiger partial charge >= 0.3 is 6.18 Å². The van der Waals surface area contributed by atoms with Crippen LogP contribution in [0, 0.1) is 18.7 Å². The van der Waals surface area contributed by atoms with Gasteiger partial charge in [-0.2, -0.15) is 13.2 Å². The first-order chi connectivity index (χ1) is 15.5. The molecule has 2 amide bonds. The van der Waals surface area contributed by atoms with E-state index in [-0.39, 0.29) is 36.7 Å². The first-order valence-electron chi connectivity index (χ1n) is 10.9. The second-order valence-electron chi connectivity index (χ2n) is 8.82. The van der Waals surface area contributed by atoms with Gasteiger partial charge in [0.1, 0.15) is 17.3 Å². The lowest BCUT2D eigenvalue weighted by Crippen LogP contribution is -2.55. The number of pyridine rings is 1. The van der Waals surface area contributed by atoms with Crippen molar-refractivity contribution >= 4 is 22.7 Å². The highest BCUT2D eigenvalue weighted by atomic mass is 19.4. The Bertz CT molecular complexity index is 1120. The predicted molar refractivity (Wildman–Crippen MR) is 112 cm³/mol. The monoisotopic (exact) mass is 467 g/mol. The number of aromatic nitrogens is 1. The van der Waals surface area contributed by atoms with E-state index in [9.17, 15) is 27.9 Å². The number of fused-ring (bicyclic) bond motifs is 1. The molecule has 0 aliphatic carbocycles. The summed E-state index contributed by atoms with van der Waals surface area (Å²) >= 11 is 0. The van der Waals surface area contributed by atoms with Crippen molar-refractivity contribution in [1.29, 1.82) is 0 Å². The van der Waals surface area contributed by atoms with Crippen molar-refractivity contribution in [2.24, 2.45) is 5.92 Å². The zero-order chi connectivity index (χ0) is 24.1. The van der Waals surface area contributed by atoms with Gasteiger partial charge in [-0.25, -0.2) is 4.39 Å². The molecule has 1 aromatic heterocycles. The lowest BCUT2D eigenvalue weighted by Gasteiger charge is -2.45. The Labute approximate surface area is 188 Å². The molecular formula is C23H25F4N3O3. The van der Waals surface area contributed by atoms with Crippen molar-refractivity contribution in [2.45, 2.75) is 50.8 Å². The van der Waals surface area contributed by atoms with Crippen LogP contribution in [-0.2, 0) is 15.2 Å². The van der Waals surface area contributed by atoms with Gasteiger partial charge in [0, 0.05) is 36.2 Å². The zero-order valence-corrected chi connectivity index (χ0v) is 18.3. The molecule has 178 valence electrons. The van der Waals surface area contributed by atoms with E-state index in [0.717, 1.165) is 0 Å². The molecule has 2 aliphatic heterocycles. The van der Waals surface area contributed by atoms with Gasteiger partial charge < -0.3 is 10.0 Å². The van der Waals surface area contributed by atoms with Crippen molar-refractivity contribution in [2.75, 3.05) is 19.6 Å². The van der Waals surface area contributed by atoms with Crippen LogP contribution in [0.3, 0.4) is 0 Å². The molecule has 3 heterocycles. The van der Waals surface area contributed by atoms with Crippen molar-refractivity contribution < 1.29 is 32.3 Å². The number of aliphatic hydroxyl groups is 1. The van der Waals surface area contributed by atoms with E-state index < -0.39 is 53.4 Å². The Morgan fingerprint density at radius 2 is 2.03 bits per heavy atom. The van der Waals surface area contributed by atoms with E-state index in [2.05, 4.69) is 10.3 Å². The van der Waals surface area contributed by atoms with Crippen LogP contribution in [0.25, 0.3) is 10.9 Å². The van der Waals surface area contributed by atoms with Crippen LogP contribution in [0.2, 0.25) is 0 Å². The molecule has 0 bridgehead atoms. The lowest BCUT2D eigenvalue weighted by atomic mass is 9.74. The Kier molecular flexibility index (Phi) is 5.94. The van der Waals surface area contributed by atoms with Crippen LogP contribution >= 0.6 is 0 Å². The Morgan fingerprint density at radius 3 is 2.67 bits per heavy atom. The Hall–Kier alpha value is -2.59. The summed E-state index contributed by atoms with van der Waals surface area (Å²) in [7, 11) is 0. The molecule has 33 heavy (non-hydrogen) atoms. The summed E-state index contributed by atoms with van der Waals surface area (Å²) in [6.07, 6.45) is -4.65. The number of aryl methyl sites for hydroxylation is 1. The molecule has 6 nitrogen and oxygen atoms in total. The summed E-state index contributed by atoms with van der Waals surface area (Å²) in [6.45, 7) is 3.55. The molecule has 0 spiro atoms. The summed E-state index contributed by atoms with van der Waals surface area (Å²) in [5, 5.41) is 13.4. The number of hydrogen-bond acceptors (Lipinski definition) is 5. The number of alkyl halides is 3. The summed E-state index contributed by atoms with van der Waals surface area (Å²) in [6, 6.07) is 3.98. The molecule has 4 rings (SSSR count). The maximum atomic E-state index is 15.7. The van der Waals surface area contributed by atoms with Crippen LogP contribution in [0.4, 0.5) is 17.6 Å². The van der Waals surface area contributed by atoms with Crippen molar-refractivity contribution in [1.82, 2.24) is 15.2 Å². The second kappa shape index (κ2) is 8.32. The third-order valence-electron chi connectivity index (χ3n) is 6.91. The van der Waals surface area contributed by atoms with Crippen LogP contribution in [0.15, 0.2) is 18.2 Å². The number of benzene rings is 1. The van der Waals surface area contributed by atoms with Gasteiger partial charge in [-0.05, 0) is 44.0 Å². The van der Waals surface area contributed by atoms with Crippen LogP contribution in [0.5, 0.6) is 0 Å². The molecule has 2 fully saturated rings. The number of hydrogen-bond donors (Lipinski definition) is 2. The molecule has 0 radical (unpaired) electrons. The molecule has 2 aliphatic rings.